The molecule has 10 atom stereocenters. The average molecular weight is 346 g/mol. The zero-order valence-electron chi connectivity index (χ0n) is 11.9. The Bertz CT molecular complexity index is 390. The first-order valence-electron chi connectivity index (χ1n) is 6.98. The molecule has 0 unspecified atom stereocenters. The van der Waals surface area contributed by atoms with E-state index in [2.05, 4.69) is 0 Å². The topological polar surface area (TPSA) is 149 Å². The van der Waals surface area contributed by atoms with Crippen LogP contribution in [0.5, 0.6) is 0 Å². The summed E-state index contributed by atoms with van der Waals surface area (Å²) < 4.78 is 40.0. The molecule has 2 rings (SSSR count). The molecule has 2 fully saturated rings. The molecule has 6 N–H and O–H groups in total. The van der Waals surface area contributed by atoms with E-state index in [1.165, 1.54) is 0 Å². The molecule has 9 nitrogen and oxygen atoms in total. The zero-order valence-corrected chi connectivity index (χ0v) is 11.9. The highest BCUT2D eigenvalue weighted by molar-refractivity contribution is 4.95. The van der Waals surface area contributed by atoms with E-state index in [4.69, 9.17) is 14.2 Å². The maximum Gasteiger partial charge on any atom is 0.187 e. The van der Waals surface area contributed by atoms with Crippen molar-refractivity contribution in [2.24, 2.45) is 0 Å². The van der Waals surface area contributed by atoms with Gasteiger partial charge in [0.05, 0.1) is 0 Å². The van der Waals surface area contributed by atoms with Gasteiger partial charge in [0.15, 0.2) is 12.6 Å². The van der Waals surface area contributed by atoms with Gasteiger partial charge in [-0.05, 0) is 0 Å². The summed E-state index contributed by atoms with van der Waals surface area (Å²) in [5.41, 5.74) is 0. The largest absolute Gasteiger partial charge is 0.388 e. The van der Waals surface area contributed by atoms with Crippen molar-refractivity contribution in [1.29, 1.82) is 0 Å². The molecule has 23 heavy (non-hydrogen) atoms. The Morgan fingerprint density at radius 2 is 1.39 bits per heavy atom. The second-order valence-electron chi connectivity index (χ2n) is 5.48. The van der Waals surface area contributed by atoms with E-state index in [9.17, 15) is 39.4 Å². The highest BCUT2D eigenvalue weighted by Crippen LogP contribution is 2.31. The van der Waals surface area contributed by atoms with E-state index >= 15 is 0 Å². The van der Waals surface area contributed by atoms with Crippen LogP contribution >= 0.6 is 0 Å². The molecule has 0 bridgehead atoms. The van der Waals surface area contributed by atoms with Crippen molar-refractivity contribution < 1.29 is 53.6 Å². The molecule has 0 amide bonds. The first-order chi connectivity index (χ1) is 10.8. The zero-order chi connectivity index (χ0) is 17.3. The summed E-state index contributed by atoms with van der Waals surface area (Å²) in [7, 11) is 0. The third-order valence-electron chi connectivity index (χ3n) is 3.87. The van der Waals surface area contributed by atoms with Crippen molar-refractivity contribution in [2.45, 2.75) is 61.4 Å². The molecule has 0 radical (unpaired) electrons. The van der Waals surface area contributed by atoms with Crippen molar-refractivity contribution in [1.82, 2.24) is 0 Å². The van der Waals surface area contributed by atoms with E-state index in [0.717, 1.165) is 0 Å². The lowest BCUT2D eigenvalue weighted by Crippen LogP contribution is -2.46. The van der Waals surface area contributed by atoms with Crippen LogP contribution in [0.25, 0.3) is 0 Å². The molecule has 2 saturated heterocycles. The van der Waals surface area contributed by atoms with Crippen LogP contribution in [-0.2, 0) is 14.2 Å². The molecule has 0 spiro atoms. The van der Waals surface area contributed by atoms with Gasteiger partial charge in [0.25, 0.3) is 0 Å². The van der Waals surface area contributed by atoms with Crippen LogP contribution in [0.1, 0.15) is 0 Å². The number of hydrogen-bond acceptors (Lipinski definition) is 9. The lowest BCUT2D eigenvalue weighted by atomic mass is 10.1. The highest BCUT2D eigenvalue weighted by Gasteiger charge is 2.53. The van der Waals surface area contributed by atoms with Gasteiger partial charge in [-0.2, -0.15) is 0 Å². The van der Waals surface area contributed by atoms with Gasteiger partial charge in [-0.1, -0.05) is 0 Å². The maximum atomic E-state index is 12.6. The lowest BCUT2D eigenvalue weighted by molar-refractivity contribution is -0.224. The van der Waals surface area contributed by atoms with Gasteiger partial charge in [-0.15, -0.1) is 0 Å². The molecule has 0 aromatic rings. The maximum absolute atomic E-state index is 12.6. The number of halogens is 2. The van der Waals surface area contributed by atoms with Crippen molar-refractivity contribution >= 4 is 0 Å². The summed E-state index contributed by atoms with van der Waals surface area (Å²) >= 11 is 0. The Hall–Kier alpha value is -0.500. The fourth-order valence-corrected chi connectivity index (χ4v) is 2.58. The first kappa shape index (κ1) is 18.8. The predicted octanol–water partition coefficient (Wildman–Crippen LogP) is -3.44. The Morgan fingerprint density at radius 3 is 1.96 bits per heavy atom. The third kappa shape index (κ3) is 3.62. The summed E-state index contributed by atoms with van der Waals surface area (Å²) in [6, 6.07) is 0. The minimum absolute atomic E-state index is 1.24. The molecule has 2 aliphatic heterocycles. The number of rotatable bonds is 6. The summed E-state index contributed by atoms with van der Waals surface area (Å²) in [5, 5.41) is 57.6. The molecule has 0 aliphatic carbocycles. The van der Waals surface area contributed by atoms with Crippen LogP contribution in [-0.4, -0.2) is 105 Å². The van der Waals surface area contributed by atoms with Gasteiger partial charge in [-0.25, -0.2) is 8.78 Å². The molecule has 0 aromatic carbocycles. The number of hydrogen-bond donors (Lipinski definition) is 6. The minimum atomic E-state index is -1.76. The molecule has 0 aromatic heterocycles. The predicted molar refractivity (Wildman–Crippen MR) is 66.4 cm³/mol. The van der Waals surface area contributed by atoms with Crippen LogP contribution in [0.4, 0.5) is 8.78 Å². The highest BCUT2D eigenvalue weighted by atomic mass is 19.1. The fraction of sp³-hybridized carbons (Fsp3) is 1.00. The number of ether oxygens (including phenoxy) is 3. The van der Waals surface area contributed by atoms with E-state index in [-0.39, 0.29) is 0 Å². The van der Waals surface area contributed by atoms with Gasteiger partial charge >= 0.3 is 0 Å². The monoisotopic (exact) mass is 346 g/mol. The third-order valence-corrected chi connectivity index (χ3v) is 3.87. The van der Waals surface area contributed by atoms with Gasteiger partial charge < -0.3 is 44.8 Å². The molecular weight excluding hydrogens is 326 g/mol. The van der Waals surface area contributed by atoms with Crippen LogP contribution in [0, 0.1) is 0 Å². The minimum Gasteiger partial charge on any atom is -0.388 e. The van der Waals surface area contributed by atoms with Crippen LogP contribution in [0.2, 0.25) is 0 Å². The number of aliphatic hydroxyl groups excluding tert-OH is 6. The molecule has 2 heterocycles. The Morgan fingerprint density at radius 1 is 0.826 bits per heavy atom. The van der Waals surface area contributed by atoms with E-state index in [1.54, 1.807) is 0 Å². The van der Waals surface area contributed by atoms with Crippen molar-refractivity contribution in [3.8, 4) is 0 Å². The lowest BCUT2D eigenvalue weighted by Gasteiger charge is -2.27. The summed E-state index contributed by atoms with van der Waals surface area (Å²) in [5.74, 6) is 0. The van der Waals surface area contributed by atoms with Gasteiger partial charge in [0.1, 0.15) is 62.2 Å². The van der Waals surface area contributed by atoms with Gasteiger partial charge in [0, 0.05) is 0 Å². The summed E-state index contributed by atoms with van der Waals surface area (Å²) in [6.07, 6.45) is -16.3. The standard InChI is InChI=1S/C12H20F2O9/c13-1-3(15)8-5(17)6(18)12(22-8)23-10-7(19)11(20)21-9(10)4(16)2-14/h3-12,15-20H,1-2H2/t3-,4-,5-,6-,7-,8+,9+,10-,11-,12+/m1/s1. The quantitative estimate of drug-likeness (QED) is 0.289. The average Bonchev–Trinajstić information content (AvgIpc) is 2.98. The van der Waals surface area contributed by atoms with E-state index in [0.29, 0.717) is 0 Å². The van der Waals surface area contributed by atoms with Crippen LogP contribution < -0.4 is 0 Å². The number of alkyl halides is 2. The molecule has 11 heteroatoms. The summed E-state index contributed by atoms with van der Waals surface area (Å²) in [4.78, 5) is 0. The summed E-state index contributed by atoms with van der Waals surface area (Å²) in [6.45, 7) is -2.48. The van der Waals surface area contributed by atoms with Gasteiger partial charge in [0.2, 0.25) is 0 Å². The fourth-order valence-electron chi connectivity index (χ4n) is 2.58. The van der Waals surface area contributed by atoms with Crippen molar-refractivity contribution in [3.63, 3.8) is 0 Å². The number of aliphatic hydroxyl groups is 6. The second-order valence-corrected chi connectivity index (χ2v) is 5.48. The Kier molecular flexibility index (Phi) is 6.22. The Labute approximate surface area is 129 Å². The molecular formula is C12H20F2O9. The van der Waals surface area contributed by atoms with Gasteiger partial charge in [-0.3, -0.25) is 0 Å². The van der Waals surface area contributed by atoms with E-state index < -0.39 is 74.8 Å². The Balaban J connectivity index is 2.07. The second kappa shape index (κ2) is 7.59. The van der Waals surface area contributed by atoms with Crippen LogP contribution in [0.3, 0.4) is 0 Å². The van der Waals surface area contributed by atoms with Crippen LogP contribution in [0.15, 0.2) is 0 Å². The van der Waals surface area contributed by atoms with Crippen molar-refractivity contribution in [3.05, 3.63) is 0 Å². The van der Waals surface area contributed by atoms with E-state index in [1.807, 2.05) is 0 Å². The molecule has 0 saturated carbocycles. The normalized spacial score (nSPS) is 47.0. The SMILES string of the molecule is O[C@@H]1[C@@H](O)[C@H](O[C@@H]2[C@@H](O)[C@H](O)O[C@H]2[C@H](O)CF)O[C@H]1[C@H](O)CF. The smallest absolute Gasteiger partial charge is 0.187 e. The van der Waals surface area contributed by atoms with Crippen molar-refractivity contribution in [2.75, 3.05) is 13.3 Å². The molecule has 136 valence electrons. The first-order valence-corrected chi connectivity index (χ1v) is 6.98. The molecule has 2 aliphatic rings.